The predicted octanol–water partition coefficient (Wildman–Crippen LogP) is 1.80. The Balaban J connectivity index is 1.95. The van der Waals surface area contributed by atoms with E-state index in [2.05, 4.69) is 26.1 Å². The second kappa shape index (κ2) is 3.25. The van der Waals surface area contributed by atoms with Gasteiger partial charge in [-0.05, 0) is 19.4 Å². The highest BCUT2D eigenvalue weighted by molar-refractivity contribution is 5.11. The van der Waals surface area contributed by atoms with Crippen molar-refractivity contribution in [1.29, 1.82) is 0 Å². The van der Waals surface area contributed by atoms with Gasteiger partial charge in [-0.1, -0.05) is 20.8 Å². The maximum absolute atomic E-state index is 5.74. The lowest BCUT2D eigenvalue weighted by molar-refractivity contribution is -0.112. The minimum atomic E-state index is 0.357. The van der Waals surface area contributed by atoms with E-state index in [1.165, 1.54) is 12.8 Å². The van der Waals surface area contributed by atoms with Crippen molar-refractivity contribution in [2.45, 2.75) is 45.8 Å². The van der Waals surface area contributed by atoms with Crippen molar-refractivity contribution in [2.24, 2.45) is 11.3 Å². The molecule has 0 aromatic rings. The third-order valence-electron chi connectivity index (χ3n) is 3.71. The van der Waals surface area contributed by atoms with Gasteiger partial charge in [0.1, 0.15) is 0 Å². The Morgan fingerprint density at radius 2 is 2.23 bits per heavy atom. The van der Waals surface area contributed by atoms with Gasteiger partial charge in [-0.25, -0.2) is 0 Å². The molecule has 1 saturated carbocycles. The zero-order chi connectivity index (χ0) is 9.47. The molecule has 0 aromatic carbocycles. The second-order valence-corrected chi connectivity index (χ2v) is 5.00. The number of hydrogen-bond donors (Lipinski definition) is 1. The Bertz CT molecular complexity index is 191. The molecule has 1 heterocycles. The zero-order valence-electron chi connectivity index (χ0n) is 8.97. The summed E-state index contributed by atoms with van der Waals surface area (Å²) in [6.45, 7) is 9.00. The van der Waals surface area contributed by atoms with Gasteiger partial charge in [-0.15, -0.1) is 0 Å². The average Bonchev–Trinajstić information content (AvgIpc) is 2.51. The van der Waals surface area contributed by atoms with Gasteiger partial charge in [0.25, 0.3) is 0 Å². The molecule has 0 spiro atoms. The molecular weight excluding hydrogens is 162 g/mol. The molecule has 13 heavy (non-hydrogen) atoms. The molecule has 1 aliphatic carbocycles. The fourth-order valence-corrected chi connectivity index (χ4v) is 3.04. The Hall–Kier alpha value is -0.0800. The van der Waals surface area contributed by atoms with Gasteiger partial charge in [0, 0.05) is 24.0 Å². The highest BCUT2D eigenvalue weighted by atomic mass is 16.5. The van der Waals surface area contributed by atoms with Crippen LogP contribution in [0.3, 0.4) is 0 Å². The van der Waals surface area contributed by atoms with Gasteiger partial charge in [0.2, 0.25) is 0 Å². The maximum Gasteiger partial charge on any atom is 0.0685 e. The summed E-state index contributed by atoms with van der Waals surface area (Å²) in [6.07, 6.45) is 3.02. The molecule has 2 aliphatic rings. The normalized spacial score (nSPS) is 41.3. The molecule has 3 atom stereocenters. The molecule has 76 valence electrons. The number of nitrogens with one attached hydrogen (secondary N) is 1. The lowest BCUT2D eigenvalue weighted by Gasteiger charge is -2.55. The smallest absolute Gasteiger partial charge is 0.0685 e. The number of fused-ring (bicyclic) bond motifs is 1. The molecule has 0 aromatic heterocycles. The first-order chi connectivity index (χ1) is 6.18. The highest BCUT2D eigenvalue weighted by Gasteiger charge is 2.58. The summed E-state index contributed by atoms with van der Waals surface area (Å²) >= 11 is 0. The van der Waals surface area contributed by atoms with Gasteiger partial charge in [-0.2, -0.15) is 0 Å². The molecule has 2 nitrogen and oxygen atoms in total. The van der Waals surface area contributed by atoms with Crippen LogP contribution in [0.15, 0.2) is 0 Å². The predicted molar refractivity (Wildman–Crippen MR) is 53.7 cm³/mol. The van der Waals surface area contributed by atoms with E-state index >= 15 is 0 Å². The van der Waals surface area contributed by atoms with E-state index < -0.39 is 0 Å². The van der Waals surface area contributed by atoms with Crippen LogP contribution in [-0.4, -0.2) is 25.3 Å². The summed E-state index contributed by atoms with van der Waals surface area (Å²) in [5, 5.41) is 3.65. The van der Waals surface area contributed by atoms with Crippen LogP contribution >= 0.6 is 0 Å². The Labute approximate surface area is 81.0 Å². The van der Waals surface area contributed by atoms with Crippen LogP contribution in [0, 0.1) is 11.3 Å². The summed E-state index contributed by atoms with van der Waals surface area (Å²) in [5.41, 5.74) is 0.357. The molecule has 1 aliphatic heterocycles. The number of rotatable bonds is 3. The van der Waals surface area contributed by atoms with Crippen LogP contribution < -0.4 is 5.32 Å². The van der Waals surface area contributed by atoms with E-state index in [0.717, 1.165) is 19.1 Å². The molecule has 1 saturated heterocycles. The van der Waals surface area contributed by atoms with E-state index in [1.54, 1.807) is 0 Å². The van der Waals surface area contributed by atoms with Crippen molar-refractivity contribution >= 4 is 0 Å². The quantitative estimate of drug-likeness (QED) is 0.720. The van der Waals surface area contributed by atoms with E-state index in [-0.39, 0.29) is 0 Å². The van der Waals surface area contributed by atoms with Crippen LogP contribution in [-0.2, 0) is 4.74 Å². The van der Waals surface area contributed by atoms with Crippen LogP contribution in [0.25, 0.3) is 0 Å². The van der Waals surface area contributed by atoms with E-state index in [0.29, 0.717) is 17.6 Å². The highest BCUT2D eigenvalue weighted by Crippen LogP contribution is 2.51. The first-order valence-electron chi connectivity index (χ1n) is 5.53. The minimum Gasteiger partial charge on any atom is -0.377 e. The summed E-state index contributed by atoms with van der Waals surface area (Å²) < 4.78 is 5.74. The summed E-state index contributed by atoms with van der Waals surface area (Å²) in [6, 6.07) is 0.694. The number of ether oxygens (including phenoxy) is 1. The summed E-state index contributed by atoms with van der Waals surface area (Å²) in [4.78, 5) is 0. The largest absolute Gasteiger partial charge is 0.377 e. The van der Waals surface area contributed by atoms with Crippen LogP contribution in [0.5, 0.6) is 0 Å². The third kappa shape index (κ3) is 1.31. The third-order valence-corrected chi connectivity index (χ3v) is 3.71. The van der Waals surface area contributed by atoms with Crippen LogP contribution in [0.4, 0.5) is 0 Å². The van der Waals surface area contributed by atoms with Gasteiger partial charge in [0.15, 0.2) is 0 Å². The molecule has 1 N–H and O–H groups in total. The molecule has 2 heteroatoms. The fraction of sp³-hybridized carbons (Fsp3) is 1.00. The van der Waals surface area contributed by atoms with Crippen molar-refractivity contribution in [1.82, 2.24) is 5.32 Å². The standard InChI is InChI=1S/C11H21NO/c1-4-6-12-9-8-5-7-13-10(8)11(9,2)3/h8-10,12H,4-7H2,1-3H3/t8-,9-,10-/m0/s1. The van der Waals surface area contributed by atoms with Gasteiger partial charge >= 0.3 is 0 Å². The fourth-order valence-electron chi connectivity index (χ4n) is 3.04. The van der Waals surface area contributed by atoms with Crippen LogP contribution in [0.1, 0.15) is 33.6 Å². The SMILES string of the molecule is CCCN[C@H]1[C@@H]2CCO[C@@H]2C1(C)C. The lowest BCUT2D eigenvalue weighted by atomic mass is 9.57. The van der Waals surface area contributed by atoms with Crippen LogP contribution in [0.2, 0.25) is 0 Å². The molecule has 0 amide bonds. The van der Waals surface area contributed by atoms with Gasteiger partial charge in [0.05, 0.1) is 6.10 Å². The first kappa shape index (κ1) is 9.47. The van der Waals surface area contributed by atoms with E-state index in [9.17, 15) is 0 Å². The molecule has 0 radical (unpaired) electrons. The number of hydrogen-bond acceptors (Lipinski definition) is 2. The summed E-state index contributed by atoms with van der Waals surface area (Å²) in [5.74, 6) is 0.793. The van der Waals surface area contributed by atoms with Crippen molar-refractivity contribution in [2.75, 3.05) is 13.2 Å². The monoisotopic (exact) mass is 183 g/mol. The molecule has 2 fully saturated rings. The molecule has 2 rings (SSSR count). The summed E-state index contributed by atoms with van der Waals surface area (Å²) in [7, 11) is 0. The van der Waals surface area contributed by atoms with E-state index in [4.69, 9.17) is 4.74 Å². The van der Waals surface area contributed by atoms with Crippen molar-refractivity contribution in [3.8, 4) is 0 Å². The Morgan fingerprint density at radius 3 is 2.92 bits per heavy atom. The van der Waals surface area contributed by atoms with Crippen molar-refractivity contribution in [3.05, 3.63) is 0 Å². The second-order valence-electron chi connectivity index (χ2n) is 5.00. The molecule has 0 unspecified atom stereocenters. The molecule has 0 bridgehead atoms. The average molecular weight is 183 g/mol. The topological polar surface area (TPSA) is 21.3 Å². The van der Waals surface area contributed by atoms with Crippen molar-refractivity contribution < 1.29 is 4.74 Å². The lowest BCUT2D eigenvalue weighted by Crippen LogP contribution is -2.65. The Kier molecular flexibility index (Phi) is 2.37. The Morgan fingerprint density at radius 1 is 1.46 bits per heavy atom. The maximum atomic E-state index is 5.74. The zero-order valence-corrected chi connectivity index (χ0v) is 8.97. The van der Waals surface area contributed by atoms with Gasteiger partial charge < -0.3 is 10.1 Å². The first-order valence-corrected chi connectivity index (χ1v) is 5.53. The minimum absolute atomic E-state index is 0.357. The molecular formula is C11H21NO. The van der Waals surface area contributed by atoms with Gasteiger partial charge in [-0.3, -0.25) is 0 Å². The van der Waals surface area contributed by atoms with Crippen molar-refractivity contribution in [3.63, 3.8) is 0 Å². The van der Waals surface area contributed by atoms with E-state index in [1.807, 2.05) is 0 Å².